The van der Waals surface area contributed by atoms with E-state index in [-0.39, 0.29) is 0 Å². The standard InChI is InChI=1S/C10H10N2O2/c1-13-9-5-3-8-7(11-9)4-6-10(12-8)14-2/h3-6H,1-2H3. The number of hydrogen-bond acceptors (Lipinski definition) is 4. The fourth-order valence-corrected chi connectivity index (χ4v) is 1.20. The van der Waals surface area contributed by atoms with Crippen LogP contribution < -0.4 is 9.47 Å². The van der Waals surface area contributed by atoms with E-state index in [9.17, 15) is 0 Å². The molecule has 0 fully saturated rings. The molecule has 0 N–H and O–H groups in total. The van der Waals surface area contributed by atoms with Gasteiger partial charge in [-0.2, -0.15) is 0 Å². The molecular formula is C10H10N2O2. The number of nitrogens with zero attached hydrogens (tertiary/aromatic N) is 2. The highest BCUT2D eigenvalue weighted by atomic mass is 16.5. The smallest absolute Gasteiger partial charge is 0.213 e. The van der Waals surface area contributed by atoms with E-state index < -0.39 is 0 Å². The van der Waals surface area contributed by atoms with Crippen molar-refractivity contribution in [1.82, 2.24) is 9.97 Å². The molecule has 0 saturated carbocycles. The monoisotopic (exact) mass is 190 g/mol. The third-order valence-corrected chi connectivity index (χ3v) is 1.91. The first-order chi connectivity index (χ1) is 6.83. The van der Waals surface area contributed by atoms with Gasteiger partial charge in [-0.15, -0.1) is 0 Å². The van der Waals surface area contributed by atoms with Gasteiger partial charge < -0.3 is 9.47 Å². The molecule has 0 unspecified atom stereocenters. The zero-order valence-corrected chi connectivity index (χ0v) is 8.02. The van der Waals surface area contributed by atoms with E-state index >= 15 is 0 Å². The molecular weight excluding hydrogens is 180 g/mol. The largest absolute Gasteiger partial charge is 0.481 e. The molecule has 0 aliphatic rings. The maximum atomic E-state index is 5.01. The summed E-state index contributed by atoms with van der Waals surface area (Å²) in [4.78, 5) is 8.46. The van der Waals surface area contributed by atoms with Crippen molar-refractivity contribution >= 4 is 11.0 Å². The Balaban J connectivity index is 2.57. The van der Waals surface area contributed by atoms with Gasteiger partial charge in [0, 0.05) is 12.1 Å². The van der Waals surface area contributed by atoms with E-state index in [1.54, 1.807) is 26.4 Å². The van der Waals surface area contributed by atoms with Gasteiger partial charge in [-0.1, -0.05) is 0 Å². The molecule has 4 nitrogen and oxygen atoms in total. The molecule has 0 spiro atoms. The van der Waals surface area contributed by atoms with Crippen molar-refractivity contribution in [1.29, 1.82) is 0 Å². The number of aromatic nitrogens is 2. The summed E-state index contributed by atoms with van der Waals surface area (Å²) in [6.45, 7) is 0. The lowest BCUT2D eigenvalue weighted by molar-refractivity contribution is 0.397. The van der Waals surface area contributed by atoms with E-state index in [4.69, 9.17) is 9.47 Å². The van der Waals surface area contributed by atoms with E-state index in [1.807, 2.05) is 12.1 Å². The van der Waals surface area contributed by atoms with Crippen molar-refractivity contribution < 1.29 is 9.47 Å². The van der Waals surface area contributed by atoms with Crippen LogP contribution in [0.1, 0.15) is 0 Å². The van der Waals surface area contributed by atoms with Crippen molar-refractivity contribution in [3.8, 4) is 11.8 Å². The molecule has 14 heavy (non-hydrogen) atoms. The van der Waals surface area contributed by atoms with E-state index in [0.717, 1.165) is 11.0 Å². The normalized spacial score (nSPS) is 10.1. The van der Waals surface area contributed by atoms with Crippen LogP contribution in [0.4, 0.5) is 0 Å². The van der Waals surface area contributed by atoms with Crippen LogP contribution in [0.25, 0.3) is 11.0 Å². The molecule has 2 rings (SSSR count). The summed E-state index contributed by atoms with van der Waals surface area (Å²) < 4.78 is 10.0. The Labute approximate surface area is 81.5 Å². The van der Waals surface area contributed by atoms with E-state index in [0.29, 0.717) is 11.8 Å². The molecule has 0 aromatic carbocycles. The van der Waals surface area contributed by atoms with Crippen molar-refractivity contribution in [2.24, 2.45) is 0 Å². The second-order valence-corrected chi connectivity index (χ2v) is 2.75. The van der Waals surface area contributed by atoms with Crippen LogP contribution in [0.15, 0.2) is 24.3 Å². The zero-order valence-electron chi connectivity index (χ0n) is 8.02. The summed E-state index contributed by atoms with van der Waals surface area (Å²) in [5, 5.41) is 0. The zero-order chi connectivity index (χ0) is 9.97. The molecule has 0 bridgehead atoms. The van der Waals surface area contributed by atoms with Crippen LogP contribution in [-0.4, -0.2) is 24.2 Å². The second kappa shape index (κ2) is 3.49. The maximum Gasteiger partial charge on any atom is 0.213 e. The lowest BCUT2D eigenvalue weighted by Crippen LogP contribution is -1.91. The lowest BCUT2D eigenvalue weighted by Gasteiger charge is -2.02. The third kappa shape index (κ3) is 1.46. The summed E-state index contributed by atoms with van der Waals surface area (Å²) in [7, 11) is 3.18. The fourth-order valence-electron chi connectivity index (χ4n) is 1.20. The molecule has 0 saturated heterocycles. The summed E-state index contributed by atoms with van der Waals surface area (Å²) in [6, 6.07) is 7.25. The average molecular weight is 190 g/mol. The Kier molecular flexibility index (Phi) is 2.18. The molecule has 4 heteroatoms. The van der Waals surface area contributed by atoms with Crippen LogP contribution in [0.5, 0.6) is 11.8 Å². The van der Waals surface area contributed by atoms with Gasteiger partial charge in [-0.3, -0.25) is 0 Å². The Bertz CT molecular complexity index is 414. The van der Waals surface area contributed by atoms with Crippen LogP contribution in [0, 0.1) is 0 Å². The molecule has 2 aromatic rings. The molecule has 2 heterocycles. The lowest BCUT2D eigenvalue weighted by atomic mass is 10.3. The number of fused-ring (bicyclic) bond motifs is 1. The SMILES string of the molecule is COc1ccc2nc(OC)ccc2n1. The van der Waals surface area contributed by atoms with Crippen molar-refractivity contribution in [3.05, 3.63) is 24.3 Å². The minimum Gasteiger partial charge on any atom is -0.481 e. The first-order valence-corrected chi connectivity index (χ1v) is 4.19. The van der Waals surface area contributed by atoms with Crippen LogP contribution in [0.2, 0.25) is 0 Å². The molecule has 72 valence electrons. The molecule has 0 aliphatic carbocycles. The van der Waals surface area contributed by atoms with Gasteiger partial charge in [0.15, 0.2) is 0 Å². The van der Waals surface area contributed by atoms with Gasteiger partial charge in [0.05, 0.1) is 25.3 Å². The highest BCUT2D eigenvalue weighted by Crippen LogP contribution is 2.17. The summed E-state index contributed by atoms with van der Waals surface area (Å²) in [5.74, 6) is 1.17. The van der Waals surface area contributed by atoms with Crippen molar-refractivity contribution in [2.45, 2.75) is 0 Å². The Hall–Kier alpha value is -1.84. The van der Waals surface area contributed by atoms with Crippen molar-refractivity contribution in [2.75, 3.05) is 14.2 Å². The van der Waals surface area contributed by atoms with Crippen LogP contribution in [-0.2, 0) is 0 Å². The number of rotatable bonds is 2. The van der Waals surface area contributed by atoms with Crippen molar-refractivity contribution in [3.63, 3.8) is 0 Å². The second-order valence-electron chi connectivity index (χ2n) is 2.75. The predicted molar refractivity (Wildman–Crippen MR) is 52.6 cm³/mol. The van der Waals surface area contributed by atoms with Gasteiger partial charge in [0.2, 0.25) is 11.8 Å². The van der Waals surface area contributed by atoms with Gasteiger partial charge in [-0.05, 0) is 12.1 Å². The topological polar surface area (TPSA) is 44.2 Å². The quantitative estimate of drug-likeness (QED) is 0.722. The first-order valence-electron chi connectivity index (χ1n) is 4.19. The van der Waals surface area contributed by atoms with E-state index in [2.05, 4.69) is 9.97 Å². The molecule has 2 aromatic heterocycles. The third-order valence-electron chi connectivity index (χ3n) is 1.91. The predicted octanol–water partition coefficient (Wildman–Crippen LogP) is 1.65. The highest BCUT2D eigenvalue weighted by molar-refractivity contribution is 5.75. The Morgan fingerprint density at radius 2 is 1.21 bits per heavy atom. The van der Waals surface area contributed by atoms with E-state index in [1.165, 1.54) is 0 Å². The highest BCUT2D eigenvalue weighted by Gasteiger charge is 2.00. The number of pyridine rings is 2. The summed E-state index contributed by atoms with van der Waals surface area (Å²) >= 11 is 0. The molecule has 0 aliphatic heterocycles. The number of hydrogen-bond donors (Lipinski definition) is 0. The summed E-state index contributed by atoms with van der Waals surface area (Å²) in [6.07, 6.45) is 0. The molecule has 0 radical (unpaired) electrons. The van der Waals surface area contributed by atoms with Gasteiger partial charge >= 0.3 is 0 Å². The van der Waals surface area contributed by atoms with Gasteiger partial charge in [0.25, 0.3) is 0 Å². The Morgan fingerprint density at radius 1 is 0.786 bits per heavy atom. The van der Waals surface area contributed by atoms with Gasteiger partial charge in [-0.25, -0.2) is 9.97 Å². The molecule has 0 amide bonds. The minimum atomic E-state index is 0.587. The Morgan fingerprint density at radius 3 is 1.57 bits per heavy atom. The number of methoxy groups -OCH3 is 2. The van der Waals surface area contributed by atoms with Gasteiger partial charge in [0.1, 0.15) is 0 Å². The minimum absolute atomic E-state index is 0.587. The van der Waals surface area contributed by atoms with Crippen LogP contribution in [0.3, 0.4) is 0 Å². The first kappa shape index (κ1) is 8.74. The maximum absolute atomic E-state index is 5.01. The fraction of sp³-hybridized carbons (Fsp3) is 0.200. The average Bonchev–Trinajstić information content (AvgIpc) is 2.27. The molecule has 0 atom stereocenters. The summed E-state index contributed by atoms with van der Waals surface area (Å²) in [5.41, 5.74) is 1.59. The number of ether oxygens (including phenoxy) is 2. The van der Waals surface area contributed by atoms with Crippen LogP contribution >= 0.6 is 0 Å².